The zero-order valence-electron chi connectivity index (χ0n) is 19.2. The number of carbonyl (C=O) groups excluding carboxylic acids is 2. The molecule has 0 spiro atoms. The van der Waals surface area contributed by atoms with Crippen LogP contribution in [-0.2, 0) is 4.79 Å². The summed E-state index contributed by atoms with van der Waals surface area (Å²) in [7, 11) is 4.39. The minimum atomic E-state index is -0.619. The molecule has 0 heterocycles. The summed E-state index contributed by atoms with van der Waals surface area (Å²) < 4.78 is 26.6. The molecule has 3 rings (SSSR count). The van der Waals surface area contributed by atoms with Gasteiger partial charge in [0, 0.05) is 5.02 Å². The molecule has 9 nitrogen and oxygen atoms in total. The quantitative estimate of drug-likeness (QED) is 0.194. The van der Waals surface area contributed by atoms with Gasteiger partial charge in [0.25, 0.3) is 5.91 Å². The van der Waals surface area contributed by atoms with Crippen molar-refractivity contribution in [3.05, 3.63) is 76.8 Å². The lowest BCUT2D eigenvalue weighted by molar-refractivity contribution is -0.123. The monoisotopic (exact) mass is 498 g/mol. The molecule has 0 bridgehead atoms. The molecule has 0 radical (unpaired) electrons. The second kappa shape index (κ2) is 12.3. The van der Waals surface area contributed by atoms with Crippen LogP contribution in [0.25, 0.3) is 0 Å². The molecule has 182 valence electrons. The van der Waals surface area contributed by atoms with Gasteiger partial charge in [0.2, 0.25) is 5.75 Å². The number of hydrogen-bond acceptors (Lipinski definition) is 8. The number of hydrazone groups is 1. The van der Waals surface area contributed by atoms with E-state index < -0.39 is 11.9 Å². The van der Waals surface area contributed by atoms with Gasteiger partial charge in [0.05, 0.1) is 33.1 Å². The maximum Gasteiger partial charge on any atom is 0.343 e. The van der Waals surface area contributed by atoms with Crippen molar-refractivity contribution in [2.24, 2.45) is 5.10 Å². The highest BCUT2D eigenvalue weighted by molar-refractivity contribution is 6.30. The summed E-state index contributed by atoms with van der Waals surface area (Å²) in [5.41, 5.74) is 3.18. The Morgan fingerprint density at radius 1 is 0.914 bits per heavy atom. The Hall–Kier alpha value is -4.24. The summed E-state index contributed by atoms with van der Waals surface area (Å²) in [5.74, 6) is 0.753. The van der Waals surface area contributed by atoms with Crippen LogP contribution < -0.4 is 29.1 Å². The van der Waals surface area contributed by atoms with Crippen LogP contribution in [0.2, 0.25) is 5.02 Å². The number of ether oxygens (including phenoxy) is 5. The molecule has 0 aliphatic heterocycles. The summed E-state index contributed by atoms with van der Waals surface area (Å²) in [6.07, 6.45) is 1.41. The Morgan fingerprint density at radius 3 is 2.23 bits per heavy atom. The van der Waals surface area contributed by atoms with E-state index in [2.05, 4.69) is 10.5 Å². The molecule has 1 N–H and O–H groups in total. The molecule has 0 saturated carbocycles. The van der Waals surface area contributed by atoms with Gasteiger partial charge in [-0.3, -0.25) is 4.79 Å². The van der Waals surface area contributed by atoms with Crippen molar-refractivity contribution in [1.29, 1.82) is 0 Å². The van der Waals surface area contributed by atoms with Crippen LogP contribution in [0.15, 0.2) is 65.8 Å². The normalized spacial score (nSPS) is 10.5. The molecule has 10 heteroatoms. The highest BCUT2D eigenvalue weighted by Crippen LogP contribution is 2.38. The maximum atomic E-state index is 12.7. The number of carbonyl (C=O) groups is 2. The summed E-state index contributed by atoms with van der Waals surface area (Å²) >= 11 is 5.81. The van der Waals surface area contributed by atoms with Crippen LogP contribution >= 0.6 is 11.6 Å². The molecule has 35 heavy (non-hydrogen) atoms. The van der Waals surface area contributed by atoms with Gasteiger partial charge >= 0.3 is 5.97 Å². The van der Waals surface area contributed by atoms with Crippen LogP contribution in [-0.4, -0.2) is 46.0 Å². The predicted octanol–water partition coefficient (Wildman–Crippen LogP) is 4.11. The van der Waals surface area contributed by atoms with Gasteiger partial charge in [-0.05, 0) is 54.1 Å². The van der Waals surface area contributed by atoms with Crippen molar-refractivity contribution in [3.63, 3.8) is 0 Å². The van der Waals surface area contributed by atoms with E-state index in [1.54, 1.807) is 48.5 Å². The minimum absolute atomic E-state index is 0.214. The van der Waals surface area contributed by atoms with Gasteiger partial charge < -0.3 is 23.7 Å². The van der Waals surface area contributed by atoms with Crippen molar-refractivity contribution in [1.82, 2.24) is 5.43 Å². The second-order valence-electron chi connectivity index (χ2n) is 6.91. The van der Waals surface area contributed by atoms with Crippen LogP contribution in [0.4, 0.5) is 0 Å². The molecular weight excluding hydrogens is 476 g/mol. The summed E-state index contributed by atoms with van der Waals surface area (Å²) in [6.45, 7) is -0.217. The van der Waals surface area contributed by atoms with Gasteiger partial charge in [-0.15, -0.1) is 0 Å². The van der Waals surface area contributed by atoms with Gasteiger partial charge in [-0.1, -0.05) is 23.7 Å². The van der Waals surface area contributed by atoms with Crippen molar-refractivity contribution in [3.8, 4) is 28.7 Å². The molecule has 0 atom stereocenters. The van der Waals surface area contributed by atoms with E-state index in [1.807, 2.05) is 0 Å². The van der Waals surface area contributed by atoms with Crippen LogP contribution in [0, 0.1) is 0 Å². The zero-order chi connectivity index (χ0) is 25.2. The first-order valence-corrected chi connectivity index (χ1v) is 10.6. The number of nitrogens with one attached hydrogen (secondary N) is 1. The lowest BCUT2D eigenvalue weighted by Crippen LogP contribution is -2.24. The minimum Gasteiger partial charge on any atom is -0.493 e. The Labute approximate surface area is 207 Å². The molecule has 0 unspecified atom stereocenters. The van der Waals surface area contributed by atoms with Crippen molar-refractivity contribution < 1.29 is 33.3 Å². The standard InChI is InChI=1S/C25H23ClN2O7/c1-31-21-12-17(13-22(32-2)24(21)33-3)25(30)35-20-6-4-5-16(11-20)14-27-28-23(29)15-34-19-9-7-18(26)8-10-19/h4-14H,15H2,1-3H3,(H,28,29)/b27-14+. The first-order chi connectivity index (χ1) is 16.9. The molecule has 0 fully saturated rings. The molecule has 0 aliphatic carbocycles. The Morgan fingerprint density at radius 2 is 1.60 bits per heavy atom. The first-order valence-electron chi connectivity index (χ1n) is 10.3. The van der Waals surface area contributed by atoms with Gasteiger partial charge in [0.1, 0.15) is 11.5 Å². The van der Waals surface area contributed by atoms with Crippen LogP contribution in [0.5, 0.6) is 28.7 Å². The lowest BCUT2D eigenvalue weighted by Gasteiger charge is -2.13. The molecular formula is C25H23ClN2O7. The van der Waals surface area contributed by atoms with E-state index in [9.17, 15) is 9.59 Å². The summed E-state index contributed by atoms with van der Waals surface area (Å²) in [4.78, 5) is 24.6. The average molecular weight is 499 g/mol. The van der Waals surface area contributed by atoms with E-state index in [0.717, 1.165) is 0 Å². The van der Waals surface area contributed by atoms with E-state index in [0.29, 0.717) is 33.6 Å². The fraction of sp³-hybridized carbons (Fsp3) is 0.160. The second-order valence-corrected chi connectivity index (χ2v) is 7.35. The van der Waals surface area contributed by atoms with E-state index in [-0.39, 0.29) is 17.9 Å². The molecule has 3 aromatic rings. The topological polar surface area (TPSA) is 105 Å². The maximum absolute atomic E-state index is 12.7. The number of hydrogen-bond donors (Lipinski definition) is 1. The Balaban J connectivity index is 1.59. The van der Waals surface area contributed by atoms with E-state index in [1.165, 1.54) is 39.7 Å². The Bertz CT molecular complexity index is 1190. The molecule has 0 aliphatic rings. The molecule has 1 amide bonds. The van der Waals surface area contributed by atoms with Crippen molar-refractivity contribution >= 4 is 29.7 Å². The summed E-state index contributed by atoms with van der Waals surface area (Å²) in [6, 6.07) is 16.3. The number of halogens is 1. The fourth-order valence-corrected chi connectivity index (χ4v) is 3.04. The number of benzene rings is 3. The van der Waals surface area contributed by atoms with Crippen LogP contribution in [0.3, 0.4) is 0 Å². The zero-order valence-corrected chi connectivity index (χ0v) is 20.0. The third kappa shape index (κ3) is 7.12. The number of esters is 1. The number of amides is 1. The third-order valence-corrected chi connectivity index (χ3v) is 4.81. The highest BCUT2D eigenvalue weighted by Gasteiger charge is 2.18. The van der Waals surface area contributed by atoms with E-state index >= 15 is 0 Å². The van der Waals surface area contributed by atoms with Gasteiger partial charge in [0.15, 0.2) is 18.1 Å². The number of rotatable bonds is 10. The summed E-state index contributed by atoms with van der Waals surface area (Å²) in [5, 5.41) is 4.47. The third-order valence-electron chi connectivity index (χ3n) is 4.56. The SMILES string of the molecule is COc1cc(C(=O)Oc2cccc(/C=N/NC(=O)COc3ccc(Cl)cc3)c2)cc(OC)c1OC. The van der Waals surface area contributed by atoms with Crippen molar-refractivity contribution in [2.45, 2.75) is 0 Å². The predicted molar refractivity (Wildman–Crippen MR) is 130 cm³/mol. The smallest absolute Gasteiger partial charge is 0.343 e. The molecule has 0 aromatic heterocycles. The number of nitrogens with zero attached hydrogens (tertiary/aromatic N) is 1. The van der Waals surface area contributed by atoms with E-state index in [4.69, 9.17) is 35.3 Å². The lowest BCUT2D eigenvalue weighted by atomic mass is 10.1. The highest BCUT2D eigenvalue weighted by atomic mass is 35.5. The average Bonchev–Trinajstić information content (AvgIpc) is 2.87. The fourth-order valence-electron chi connectivity index (χ4n) is 2.91. The van der Waals surface area contributed by atoms with Crippen molar-refractivity contribution in [2.75, 3.05) is 27.9 Å². The van der Waals surface area contributed by atoms with Crippen LogP contribution in [0.1, 0.15) is 15.9 Å². The Kier molecular flexibility index (Phi) is 8.91. The molecule has 3 aromatic carbocycles. The van der Waals surface area contributed by atoms with Gasteiger partial charge in [-0.25, -0.2) is 10.2 Å². The first kappa shape index (κ1) is 25.4. The number of methoxy groups -OCH3 is 3. The van der Waals surface area contributed by atoms with Gasteiger partial charge in [-0.2, -0.15) is 5.10 Å². The largest absolute Gasteiger partial charge is 0.493 e. The molecule has 0 saturated heterocycles.